The van der Waals surface area contributed by atoms with E-state index >= 15 is 0 Å². The lowest BCUT2D eigenvalue weighted by atomic mass is 10.1. The molecule has 1 aliphatic carbocycles. The van der Waals surface area contributed by atoms with E-state index in [1.807, 2.05) is 4.57 Å². The monoisotopic (exact) mass is 358 g/mol. The predicted octanol–water partition coefficient (Wildman–Crippen LogP) is 0.472. The molecule has 1 saturated heterocycles. The SMILES string of the molecule is Cn1c(=O)c2c(nc(N3CCCC(N)C3)n2CC2=CCCC2)n(C)c1=O. The van der Waals surface area contributed by atoms with E-state index in [-0.39, 0.29) is 17.3 Å². The number of rotatable bonds is 3. The predicted molar refractivity (Wildman–Crippen MR) is 102 cm³/mol. The van der Waals surface area contributed by atoms with Crippen molar-refractivity contribution in [3.63, 3.8) is 0 Å². The first-order valence-electron chi connectivity index (χ1n) is 9.32. The van der Waals surface area contributed by atoms with Crippen molar-refractivity contribution in [2.75, 3.05) is 18.0 Å². The average Bonchev–Trinajstić information content (AvgIpc) is 3.26. The minimum atomic E-state index is -0.353. The number of nitrogens with zero attached hydrogens (tertiary/aromatic N) is 5. The second kappa shape index (κ2) is 6.42. The average molecular weight is 358 g/mol. The number of imidazole rings is 1. The molecular weight excluding hydrogens is 332 g/mol. The Kier molecular flexibility index (Phi) is 4.22. The van der Waals surface area contributed by atoms with Crippen LogP contribution in [0.3, 0.4) is 0 Å². The molecular formula is C18H26N6O2. The lowest BCUT2D eigenvalue weighted by Crippen LogP contribution is -2.44. The zero-order valence-electron chi connectivity index (χ0n) is 15.4. The van der Waals surface area contributed by atoms with Gasteiger partial charge in [-0.25, -0.2) is 4.79 Å². The van der Waals surface area contributed by atoms with Gasteiger partial charge >= 0.3 is 5.69 Å². The molecule has 0 saturated carbocycles. The fraction of sp³-hybridized carbons (Fsp3) is 0.611. The first kappa shape index (κ1) is 17.1. The van der Waals surface area contributed by atoms with Crippen LogP contribution in [0, 0.1) is 0 Å². The Balaban J connectivity index is 1.94. The molecule has 0 amide bonds. The molecule has 2 aromatic heterocycles. The summed E-state index contributed by atoms with van der Waals surface area (Å²) in [5, 5.41) is 0. The molecule has 0 aromatic carbocycles. The van der Waals surface area contributed by atoms with Crippen molar-refractivity contribution in [3.8, 4) is 0 Å². The molecule has 0 bridgehead atoms. The maximum Gasteiger partial charge on any atom is 0.332 e. The topological polar surface area (TPSA) is 91.1 Å². The Bertz CT molecular complexity index is 996. The molecule has 1 fully saturated rings. The molecule has 1 aliphatic heterocycles. The highest BCUT2D eigenvalue weighted by molar-refractivity contribution is 5.74. The van der Waals surface area contributed by atoms with Crippen LogP contribution in [0.4, 0.5) is 5.95 Å². The maximum absolute atomic E-state index is 12.9. The van der Waals surface area contributed by atoms with E-state index in [1.54, 1.807) is 7.05 Å². The van der Waals surface area contributed by atoms with Gasteiger partial charge in [-0.3, -0.25) is 13.9 Å². The molecule has 2 aromatic rings. The third-order valence-electron chi connectivity index (χ3n) is 5.56. The number of hydrogen-bond donors (Lipinski definition) is 1. The zero-order valence-corrected chi connectivity index (χ0v) is 15.4. The quantitative estimate of drug-likeness (QED) is 0.806. The van der Waals surface area contributed by atoms with Crippen LogP contribution in [0.1, 0.15) is 32.1 Å². The zero-order chi connectivity index (χ0) is 18.4. The number of piperidine rings is 1. The van der Waals surface area contributed by atoms with Crippen molar-refractivity contribution in [1.29, 1.82) is 0 Å². The standard InChI is InChI=1S/C18H26N6O2/c1-21-15-14(16(25)22(2)18(21)26)24(10-12-6-3-4-7-12)17(20-15)23-9-5-8-13(19)11-23/h6,13H,3-5,7-11,19H2,1-2H3. The lowest BCUT2D eigenvalue weighted by Gasteiger charge is -2.32. The molecule has 0 spiro atoms. The smallest absolute Gasteiger partial charge is 0.332 e. The summed E-state index contributed by atoms with van der Waals surface area (Å²) in [6, 6.07) is 0.106. The van der Waals surface area contributed by atoms with Crippen LogP contribution in [-0.4, -0.2) is 37.8 Å². The molecule has 1 atom stereocenters. The highest BCUT2D eigenvalue weighted by atomic mass is 16.2. The second-order valence-corrected chi connectivity index (χ2v) is 7.48. The van der Waals surface area contributed by atoms with Gasteiger partial charge in [0.1, 0.15) is 0 Å². The Morgan fingerprint density at radius 2 is 2.04 bits per heavy atom. The summed E-state index contributed by atoms with van der Waals surface area (Å²) < 4.78 is 4.62. The first-order chi connectivity index (χ1) is 12.5. The fourth-order valence-corrected chi connectivity index (χ4v) is 4.10. The van der Waals surface area contributed by atoms with Gasteiger partial charge < -0.3 is 15.2 Å². The normalized spacial score (nSPS) is 20.8. The van der Waals surface area contributed by atoms with Gasteiger partial charge in [0.05, 0.1) is 0 Å². The van der Waals surface area contributed by atoms with Gasteiger partial charge in [0.25, 0.3) is 5.56 Å². The van der Waals surface area contributed by atoms with Gasteiger partial charge in [-0.15, -0.1) is 0 Å². The summed E-state index contributed by atoms with van der Waals surface area (Å²) >= 11 is 0. The van der Waals surface area contributed by atoms with Gasteiger partial charge in [-0.2, -0.15) is 4.98 Å². The number of hydrogen-bond acceptors (Lipinski definition) is 5. The Hall–Kier alpha value is -2.35. The van der Waals surface area contributed by atoms with Gasteiger partial charge in [-0.1, -0.05) is 11.6 Å². The molecule has 3 heterocycles. The van der Waals surface area contributed by atoms with Crippen molar-refractivity contribution >= 4 is 17.1 Å². The van der Waals surface area contributed by atoms with E-state index in [1.165, 1.54) is 17.2 Å². The molecule has 26 heavy (non-hydrogen) atoms. The van der Waals surface area contributed by atoms with Crippen LogP contribution >= 0.6 is 0 Å². The highest BCUT2D eigenvalue weighted by Crippen LogP contribution is 2.27. The molecule has 4 rings (SSSR count). The Labute approximate surface area is 151 Å². The van der Waals surface area contributed by atoms with Crippen LogP contribution in [0.15, 0.2) is 21.2 Å². The summed E-state index contributed by atoms with van der Waals surface area (Å²) in [6.07, 6.45) is 7.55. The number of nitrogens with two attached hydrogens (primary N) is 1. The van der Waals surface area contributed by atoms with Gasteiger partial charge in [0, 0.05) is 39.8 Å². The number of anilines is 1. The number of aryl methyl sites for hydroxylation is 1. The minimum Gasteiger partial charge on any atom is -0.341 e. The van der Waals surface area contributed by atoms with E-state index in [4.69, 9.17) is 10.7 Å². The molecule has 8 nitrogen and oxygen atoms in total. The number of fused-ring (bicyclic) bond motifs is 1. The molecule has 1 unspecified atom stereocenters. The van der Waals surface area contributed by atoms with Crippen LogP contribution in [0.25, 0.3) is 11.2 Å². The van der Waals surface area contributed by atoms with Gasteiger partial charge in [0.2, 0.25) is 5.95 Å². The molecule has 2 aliphatic rings. The van der Waals surface area contributed by atoms with E-state index in [2.05, 4.69) is 11.0 Å². The van der Waals surface area contributed by atoms with Gasteiger partial charge in [0.15, 0.2) is 11.2 Å². The van der Waals surface area contributed by atoms with Crippen molar-refractivity contribution < 1.29 is 0 Å². The van der Waals surface area contributed by atoms with Crippen molar-refractivity contribution in [2.45, 2.75) is 44.7 Å². The van der Waals surface area contributed by atoms with Crippen LogP contribution in [-0.2, 0) is 20.6 Å². The van der Waals surface area contributed by atoms with E-state index in [9.17, 15) is 9.59 Å². The first-order valence-corrected chi connectivity index (χ1v) is 9.32. The summed E-state index contributed by atoms with van der Waals surface area (Å²) in [6.45, 7) is 2.23. The highest BCUT2D eigenvalue weighted by Gasteiger charge is 2.26. The van der Waals surface area contributed by atoms with E-state index in [0.717, 1.165) is 55.7 Å². The lowest BCUT2D eigenvalue weighted by molar-refractivity contribution is 0.495. The molecule has 140 valence electrons. The Morgan fingerprint density at radius 3 is 2.73 bits per heavy atom. The Morgan fingerprint density at radius 1 is 1.23 bits per heavy atom. The van der Waals surface area contributed by atoms with Crippen LogP contribution < -0.4 is 21.9 Å². The van der Waals surface area contributed by atoms with Gasteiger partial charge in [-0.05, 0) is 32.1 Å². The van der Waals surface area contributed by atoms with E-state index < -0.39 is 0 Å². The molecule has 0 radical (unpaired) electrons. The van der Waals surface area contributed by atoms with E-state index in [0.29, 0.717) is 17.7 Å². The second-order valence-electron chi connectivity index (χ2n) is 7.48. The van der Waals surface area contributed by atoms with Crippen LogP contribution in [0.2, 0.25) is 0 Å². The number of aromatic nitrogens is 4. The molecule has 8 heteroatoms. The fourth-order valence-electron chi connectivity index (χ4n) is 4.10. The largest absolute Gasteiger partial charge is 0.341 e. The van der Waals surface area contributed by atoms with Crippen molar-refractivity contribution in [2.24, 2.45) is 19.8 Å². The summed E-state index contributed by atoms with van der Waals surface area (Å²) in [5.41, 5.74) is 7.79. The summed E-state index contributed by atoms with van der Waals surface area (Å²) in [4.78, 5) is 32.1. The third-order valence-corrected chi connectivity index (χ3v) is 5.56. The minimum absolute atomic E-state index is 0.106. The number of allylic oxidation sites excluding steroid dienone is 2. The van der Waals surface area contributed by atoms with Crippen molar-refractivity contribution in [3.05, 3.63) is 32.5 Å². The third kappa shape index (κ3) is 2.68. The summed E-state index contributed by atoms with van der Waals surface area (Å²) in [7, 11) is 3.19. The maximum atomic E-state index is 12.9. The van der Waals surface area contributed by atoms with Crippen molar-refractivity contribution in [1.82, 2.24) is 18.7 Å². The van der Waals surface area contributed by atoms with Crippen LogP contribution in [0.5, 0.6) is 0 Å². The summed E-state index contributed by atoms with van der Waals surface area (Å²) in [5.74, 6) is 0.751. The molecule has 2 N–H and O–H groups in total.